The number of carbonyl (C=O) groups excluding carboxylic acids is 2. The number of ether oxygens (including phenoxy) is 3. The van der Waals surface area contributed by atoms with E-state index in [2.05, 4.69) is 34.9 Å². The summed E-state index contributed by atoms with van der Waals surface area (Å²) in [6.07, 6.45) is 3.72. The van der Waals surface area contributed by atoms with Crippen LogP contribution in [0.2, 0.25) is 35.7 Å². The molecule has 0 saturated carbocycles. The number of aryl methyl sites for hydroxylation is 1. The minimum atomic E-state index is -1.22. The molecule has 3 aromatic heterocycles. The number of halogens is 2. The smallest absolute Gasteiger partial charge is 0.350 e. The van der Waals surface area contributed by atoms with Gasteiger partial charge in [0.25, 0.3) is 5.91 Å². The SMILES string of the molecule is COC(=O)c1sc(N2CC[C@@H](NC(=O)c3[nH]c(C)c(Cl)c3Cl)[C@@H](OC)C2)nc1-c1nccn1COCC[Si](C)(C)C. The standard InChI is InChI=1S/C26H36Cl2N6O5SSi/c1-15-18(27)19(28)20(30-15)24(35)31-16-7-9-33(13-17(16)37-2)26-32-21(22(40-26)25(36)38-3)23-29-8-10-34(23)14-39-11-12-41(4,5)6/h8,10,16-17,30H,7,9,11-14H2,1-6H3,(H,31,35)/t16-,17+/m1/s1. The summed E-state index contributed by atoms with van der Waals surface area (Å²) in [5.41, 5.74) is 1.28. The Labute approximate surface area is 254 Å². The lowest BCUT2D eigenvalue weighted by molar-refractivity contribution is 0.0540. The highest BCUT2D eigenvalue weighted by Crippen LogP contribution is 2.35. The number of piperidine rings is 1. The van der Waals surface area contributed by atoms with Crippen molar-refractivity contribution >= 4 is 59.6 Å². The summed E-state index contributed by atoms with van der Waals surface area (Å²) < 4.78 is 18.6. The van der Waals surface area contributed by atoms with Crippen LogP contribution in [0.5, 0.6) is 0 Å². The molecular weight excluding hydrogens is 607 g/mol. The van der Waals surface area contributed by atoms with Gasteiger partial charge in [0.2, 0.25) is 0 Å². The molecule has 15 heteroatoms. The van der Waals surface area contributed by atoms with E-state index < -0.39 is 14.0 Å². The highest BCUT2D eigenvalue weighted by molar-refractivity contribution is 7.17. The lowest BCUT2D eigenvalue weighted by Gasteiger charge is -2.37. The fraction of sp³-hybridized carbons (Fsp3) is 0.538. The first kappa shape index (κ1) is 31.5. The normalized spacial score (nSPS) is 17.6. The summed E-state index contributed by atoms with van der Waals surface area (Å²) in [6, 6.07) is 0.780. The van der Waals surface area contributed by atoms with Crippen LogP contribution in [-0.4, -0.2) is 85.5 Å². The van der Waals surface area contributed by atoms with Gasteiger partial charge in [0, 0.05) is 53.0 Å². The van der Waals surface area contributed by atoms with Crippen LogP contribution in [0.4, 0.5) is 5.13 Å². The monoisotopic (exact) mass is 642 g/mol. The van der Waals surface area contributed by atoms with Crippen LogP contribution in [0.15, 0.2) is 12.4 Å². The molecular formula is C26H36Cl2N6O5SSi. The number of aromatic nitrogens is 4. The van der Waals surface area contributed by atoms with Crippen molar-refractivity contribution in [1.82, 2.24) is 24.8 Å². The molecule has 0 unspecified atom stereocenters. The van der Waals surface area contributed by atoms with E-state index in [0.717, 1.165) is 6.04 Å². The zero-order valence-electron chi connectivity index (χ0n) is 24.0. The van der Waals surface area contributed by atoms with Gasteiger partial charge in [0.05, 0.1) is 29.3 Å². The molecule has 4 heterocycles. The third-order valence-electron chi connectivity index (χ3n) is 6.87. The molecule has 0 aromatic carbocycles. The number of aromatic amines is 1. The summed E-state index contributed by atoms with van der Waals surface area (Å²) in [4.78, 5) is 40.4. The summed E-state index contributed by atoms with van der Waals surface area (Å²) in [5.74, 6) is -0.308. The molecule has 1 saturated heterocycles. The topological polar surface area (TPSA) is 124 Å². The van der Waals surface area contributed by atoms with Crippen LogP contribution in [0.25, 0.3) is 11.5 Å². The predicted molar refractivity (Wildman–Crippen MR) is 163 cm³/mol. The molecule has 11 nitrogen and oxygen atoms in total. The number of nitrogens with zero attached hydrogens (tertiary/aromatic N) is 4. The number of H-pyrrole nitrogens is 1. The second kappa shape index (κ2) is 13.3. The van der Waals surface area contributed by atoms with Gasteiger partial charge in [-0.25, -0.2) is 14.8 Å². The number of amides is 1. The summed E-state index contributed by atoms with van der Waals surface area (Å²) >= 11 is 13.6. The predicted octanol–water partition coefficient (Wildman–Crippen LogP) is 5.07. The molecule has 2 atom stereocenters. The van der Waals surface area contributed by atoms with Gasteiger partial charge in [0.1, 0.15) is 23.0 Å². The molecule has 0 radical (unpaired) electrons. The zero-order chi connectivity index (χ0) is 29.9. The first-order valence-corrected chi connectivity index (χ1v) is 18.5. The molecule has 3 aromatic rings. The third-order valence-corrected chi connectivity index (χ3v) is 10.6. The molecule has 224 valence electrons. The van der Waals surface area contributed by atoms with Gasteiger partial charge in [-0.2, -0.15) is 0 Å². The van der Waals surface area contributed by atoms with Gasteiger partial charge in [0.15, 0.2) is 11.0 Å². The van der Waals surface area contributed by atoms with Crippen LogP contribution >= 0.6 is 34.5 Å². The van der Waals surface area contributed by atoms with Crippen LogP contribution in [0.1, 0.15) is 32.3 Å². The number of nitrogens with one attached hydrogen (secondary N) is 2. The first-order chi connectivity index (χ1) is 19.4. The molecule has 0 aliphatic carbocycles. The Balaban J connectivity index is 1.50. The highest BCUT2D eigenvalue weighted by Gasteiger charge is 2.34. The van der Waals surface area contributed by atoms with E-state index in [1.54, 1.807) is 20.2 Å². The Morgan fingerprint density at radius 2 is 2.00 bits per heavy atom. The van der Waals surface area contributed by atoms with Crippen LogP contribution < -0.4 is 10.2 Å². The van der Waals surface area contributed by atoms with Crippen molar-refractivity contribution in [2.24, 2.45) is 0 Å². The van der Waals surface area contributed by atoms with E-state index in [1.807, 2.05) is 15.7 Å². The number of anilines is 1. The number of hydrogen-bond acceptors (Lipinski definition) is 9. The largest absolute Gasteiger partial charge is 0.465 e. The van der Waals surface area contributed by atoms with Crippen molar-refractivity contribution in [2.45, 2.75) is 57.9 Å². The Hall–Kier alpha value is -2.42. The Bertz CT molecular complexity index is 1390. The van der Waals surface area contributed by atoms with Crippen molar-refractivity contribution in [3.8, 4) is 11.5 Å². The molecule has 4 rings (SSSR count). The van der Waals surface area contributed by atoms with Crippen molar-refractivity contribution in [1.29, 1.82) is 0 Å². The molecule has 2 N–H and O–H groups in total. The molecule has 0 spiro atoms. The van der Waals surface area contributed by atoms with E-state index in [1.165, 1.54) is 18.4 Å². The molecule has 1 aliphatic rings. The van der Waals surface area contributed by atoms with Crippen molar-refractivity contribution in [2.75, 3.05) is 38.8 Å². The number of hydrogen-bond donors (Lipinski definition) is 2. The van der Waals surface area contributed by atoms with Gasteiger partial charge in [-0.1, -0.05) is 54.2 Å². The van der Waals surface area contributed by atoms with E-state index in [0.29, 0.717) is 65.1 Å². The van der Waals surface area contributed by atoms with Gasteiger partial charge in [-0.3, -0.25) is 4.79 Å². The number of carbonyl (C=O) groups is 2. The lowest BCUT2D eigenvalue weighted by Crippen LogP contribution is -2.55. The Morgan fingerprint density at radius 3 is 2.63 bits per heavy atom. The fourth-order valence-corrected chi connectivity index (χ4v) is 6.65. The number of thiazole rings is 1. The molecule has 1 aliphatic heterocycles. The second-order valence-corrected chi connectivity index (χ2v) is 18.4. The van der Waals surface area contributed by atoms with Crippen LogP contribution in [-0.2, 0) is 20.9 Å². The van der Waals surface area contributed by atoms with E-state index >= 15 is 0 Å². The van der Waals surface area contributed by atoms with Crippen LogP contribution in [0, 0.1) is 6.92 Å². The summed E-state index contributed by atoms with van der Waals surface area (Å²) in [5, 5.41) is 4.17. The average Bonchev–Trinajstić information content (AvgIpc) is 3.65. The third kappa shape index (κ3) is 7.33. The molecule has 1 fully saturated rings. The molecule has 0 bridgehead atoms. The van der Waals surface area contributed by atoms with Gasteiger partial charge in [-0.05, 0) is 19.4 Å². The number of imidazole rings is 1. The molecule has 41 heavy (non-hydrogen) atoms. The van der Waals surface area contributed by atoms with Gasteiger partial charge < -0.3 is 34.0 Å². The maximum absolute atomic E-state index is 12.9. The first-order valence-electron chi connectivity index (χ1n) is 13.2. The number of methoxy groups -OCH3 is 2. The van der Waals surface area contributed by atoms with Crippen LogP contribution in [0.3, 0.4) is 0 Å². The average molecular weight is 644 g/mol. The quantitative estimate of drug-likeness (QED) is 0.169. The van der Waals surface area contributed by atoms with E-state index in [4.69, 9.17) is 42.4 Å². The maximum Gasteiger partial charge on any atom is 0.350 e. The van der Waals surface area contributed by atoms with Crippen molar-refractivity contribution in [3.63, 3.8) is 0 Å². The van der Waals surface area contributed by atoms with Crippen molar-refractivity contribution in [3.05, 3.63) is 38.7 Å². The van der Waals surface area contributed by atoms with E-state index in [-0.39, 0.29) is 28.8 Å². The maximum atomic E-state index is 12.9. The second-order valence-electron chi connectivity index (χ2n) is 11.1. The minimum Gasteiger partial charge on any atom is -0.465 e. The lowest BCUT2D eigenvalue weighted by atomic mass is 10.0. The zero-order valence-corrected chi connectivity index (χ0v) is 27.4. The highest BCUT2D eigenvalue weighted by atomic mass is 35.5. The number of esters is 1. The Morgan fingerprint density at radius 1 is 1.24 bits per heavy atom. The van der Waals surface area contributed by atoms with E-state index in [9.17, 15) is 9.59 Å². The molecule has 1 amide bonds. The van der Waals surface area contributed by atoms with Crippen molar-refractivity contribution < 1.29 is 23.8 Å². The van der Waals surface area contributed by atoms with Gasteiger partial charge >= 0.3 is 5.97 Å². The fourth-order valence-electron chi connectivity index (χ4n) is 4.46. The van der Waals surface area contributed by atoms with Gasteiger partial charge in [-0.15, -0.1) is 0 Å². The summed E-state index contributed by atoms with van der Waals surface area (Å²) in [7, 11) is 1.72. The summed E-state index contributed by atoms with van der Waals surface area (Å²) in [6.45, 7) is 10.6. The number of rotatable bonds is 11. The Kier molecular flexibility index (Phi) is 10.2. The minimum absolute atomic E-state index is 0.193.